The molecule has 1 rings (SSSR count). The highest BCUT2D eigenvalue weighted by Crippen LogP contribution is 2.20. The molecule has 0 spiro atoms. The Labute approximate surface area is 96.9 Å². The molecule has 0 aliphatic carbocycles. The van der Waals surface area contributed by atoms with E-state index in [2.05, 4.69) is 41.4 Å². The number of hydrogen-bond acceptors (Lipinski definition) is 5. The van der Waals surface area contributed by atoms with Crippen LogP contribution in [0.1, 0.15) is 27.2 Å². The van der Waals surface area contributed by atoms with Gasteiger partial charge < -0.3 is 16.4 Å². The Balaban J connectivity index is 2.70. The third-order valence-corrected chi connectivity index (χ3v) is 2.70. The summed E-state index contributed by atoms with van der Waals surface area (Å²) in [5.74, 6) is 1.77. The average molecular weight is 223 g/mol. The van der Waals surface area contributed by atoms with E-state index in [1.807, 2.05) is 13.1 Å². The Bertz CT molecular complexity index is 348. The molecule has 0 bridgehead atoms. The highest BCUT2D eigenvalue weighted by Gasteiger charge is 2.14. The van der Waals surface area contributed by atoms with Gasteiger partial charge in [-0.1, -0.05) is 20.8 Å². The first-order valence-electron chi connectivity index (χ1n) is 5.53. The topological polar surface area (TPSA) is 75.9 Å². The lowest BCUT2D eigenvalue weighted by Gasteiger charge is -2.23. The smallest absolute Gasteiger partial charge is 0.223 e. The minimum Gasteiger partial charge on any atom is -0.373 e. The van der Waals surface area contributed by atoms with Crippen molar-refractivity contribution in [2.24, 2.45) is 5.41 Å². The van der Waals surface area contributed by atoms with Gasteiger partial charge in [0.15, 0.2) is 0 Å². The minimum absolute atomic E-state index is 0.250. The molecule has 1 heterocycles. The summed E-state index contributed by atoms with van der Waals surface area (Å²) >= 11 is 0. The van der Waals surface area contributed by atoms with Gasteiger partial charge in [-0.25, -0.2) is 0 Å². The summed E-state index contributed by atoms with van der Waals surface area (Å²) in [6.45, 7) is 7.46. The lowest BCUT2D eigenvalue weighted by molar-refractivity contribution is 0.376. The lowest BCUT2D eigenvalue weighted by atomic mass is 9.90. The van der Waals surface area contributed by atoms with Crippen molar-refractivity contribution in [3.63, 3.8) is 0 Å². The monoisotopic (exact) mass is 223 g/mol. The van der Waals surface area contributed by atoms with Gasteiger partial charge in [0.25, 0.3) is 0 Å². The van der Waals surface area contributed by atoms with Gasteiger partial charge in [0.1, 0.15) is 11.6 Å². The van der Waals surface area contributed by atoms with Gasteiger partial charge in [-0.3, -0.25) is 0 Å². The molecule has 1 aromatic heterocycles. The zero-order valence-electron chi connectivity index (χ0n) is 10.5. The number of aromatic nitrogens is 2. The van der Waals surface area contributed by atoms with Gasteiger partial charge in [-0.15, -0.1) is 0 Å². The van der Waals surface area contributed by atoms with Crippen LogP contribution in [-0.4, -0.2) is 23.6 Å². The van der Waals surface area contributed by atoms with Crippen LogP contribution in [0.15, 0.2) is 6.07 Å². The van der Waals surface area contributed by atoms with E-state index in [4.69, 9.17) is 5.73 Å². The summed E-state index contributed by atoms with van der Waals surface area (Å²) in [4.78, 5) is 8.17. The van der Waals surface area contributed by atoms with Crippen molar-refractivity contribution < 1.29 is 0 Å². The molecule has 4 N–H and O–H groups in total. The Hall–Kier alpha value is -1.52. The van der Waals surface area contributed by atoms with Crippen molar-refractivity contribution in [2.45, 2.75) is 27.2 Å². The van der Waals surface area contributed by atoms with E-state index in [9.17, 15) is 0 Å². The van der Waals surface area contributed by atoms with Gasteiger partial charge in [-0.2, -0.15) is 9.97 Å². The van der Waals surface area contributed by atoms with Gasteiger partial charge in [-0.05, 0) is 11.8 Å². The quantitative estimate of drug-likeness (QED) is 0.711. The van der Waals surface area contributed by atoms with Crippen LogP contribution in [0, 0.1) is 5.41 Å². The van der Waals surface area contributed by atoms with Crippen LogP contribution in [0.3, 0.4) is 0 Å². The summed E-state index contributed by atoms with van der Waals surface area (Å²) in [6, 6.07) is 1.85. The molecule has 0 saturated heterocycles. The molecule has 0 fully saturated rings. The summed E-state index contributed by atoms with van der Waals surface area (Å²) in [5.41, 5.74) is 5.85. The van der Waals surface area contributed by atoms with E-state index in [0.717, 1.165) is 24.6 Å². The molecule has 0 aliphatic heterocycles. The lowest BCUT2D eigenvalue weighted by Crippen LogP contribution is -2.22. The molecule has 0 amide bonds. The average Bonchev–Trinajstić information content (AvgIpc) is 2.26. The van der Waals surface area contributed by atoms with Crippen LogP contribution in [-0.2, 0) is 0 Å². The molecule has 16 heavy (non-hydrogen) atoms. The van der Waals surface area contributed by atoms with Crippen molar-refractivity contribution in [1.82, 2.24) is 9.97 Å². The highest BCUT2D eigenvalue weighted by atomic mass is 15.1. The second kappa shape index (κ2) is 5.01. The van der Waals surface area contributed by atoms with Crippen molar-refractivity contribution in [2.75, 3.05) is 30.0 Å². The van der Waals surface area contributed by atoms with Crippen LogP contribution in [0.4, 0.5) is 17.6 Å². The Kier molecular flexibility index (Phi) is 3.93. The van der Waals surface area contributed by atoms with E-state index in [0.29, 0.717) is 0 Å². The van der Waals surface area contributed by atoms with Gasteiger partial charge in [0.05, 0.1) is 0 Å². The highest BCUT2D eigenvalue weighted by molar-refractivity contribution is 5.50. The maximum Gasteiger partial charge on any atom is 0.223 e. The fourth-order valence-electron chi connectivity index (χ4n) is 1.14. The number of hydrogen-bond donors (Lipinski definition) is 3. The summed E-state index contributed by atoms with van der Waals surface area (Å²) in [6.07, 6.45) is 1.11. The van der Waals surface area contributed by atoms with E-state index >= 15 is 0 Å². The number of anilines is 3. The number of nitrogens with zero attached hydrogens (tertiary/aromatic N) is 2. The van der Waals surface area contributed by atoms with Crippen molar-refractivity contribution >= 4 is 17.6 Å². The van der Waals surface area contributed by atoms with Gasteiger partial charge in [0.2, 0.25) is 5.95 Å². The SMILES string of the molecule is CCC(C)(C)CNc1cc(NC)nc(N)n1. The van der Waals surface area contributed by atoms with Crippen LogP contribution in [0.5, 0.6) is 0 Å². The minimum atomic E-state index is 0.250. The number of nitrogen functional groups attached to an aromatic ring is 1. The fraction of sp³-hybridized carbons (Fsp3) is 0.636. The molecule has 0 saturated carbocycles. The second-order valence-electron chi connectivity index (χ2n) is 4.62. The number of nitrogens with two attached hydrogens (primary N) is 1. The molecule has 0 radical (unpaired) electrons. The number of nitrogens with one attached hydrogen (secondary N) is 2. The van der Waals surface area contributed by atoms with Gasteiger partial charge in [0, 0.05) is 19.7 Å². The van der Waals surface area contributed by atoms with Crippen LogP contribution in [0.2, 0.25) is 0 Å². The standard InChI is InChI=1S/C11H21N5/c1-5-11(2,3)7-14-9-6-8(13-4)15-10(12)16-9/h6H,5,7H2,1-4H3,(H4,12,13,14,15,16). The predicted octanol–water partition coefficient (Wildman–Crippen LogP) is 1.95. The Morgan fingerprint density at radius 2 is 1.94 bits per heavy atom. The van der Waals surface area contributed by atoms with E-state index in [-0.39, 0.29) is 11.4 Å². The summed E-state index contributed by atoms with van der Waals surface area (Å²) in [7, 11) is 1.81. The zero-order chi connectivity index (χ0) is 12.2. The van der Waals surface area contributed by atoms with Crippen molar-refractivity contribution in [3.8, 4) is 0 Å². The molecule has 0 aromatic carbocycles. The third-order valence-electron chi connectivity index (χ3n) is 2.70. The number of rotatable bonds is 5. The molecule has 0 unspecified atom stereocenters. The first-order chi connectivity index (χ1) is 7.46. The summed E-state index contributed by atoms with van der Waals surface area (Å²) in [5, 5.41) is 6.23. The first-order valence-corrected chi connectivity index (χ1v) is 5.53. The third kappa shape index (κ3) is 3.56. The molecule has 5 heteroatoms. The molecular formula is C11H21N5. The fourth-order valence-corrected chi connectivity index (χ4v) is 1.14. The van der Waals surface area contributed by atoms with Crippen LogP contribution >= 0.6 is 0 Å². The largest absolute Gasteiger partial charge is 0.373 e. The summed E-state index contributed by atoms with van der Waals surface area (Å²) < 4.78 is 0. The molecule has 0 atom stereocenters. The van der Waals surface area contributed by atoms with Crippen LogP contribution < -0.4 is 16.4 Å². The second-order valence-corrected chi connectivity index (χ2v) is 4.62. The molecule has 5 nitrogen and oxygen atoms in total. The zero-order valence-corrected chi connectivity index (χ0v) is 10.5. The Morgan fingerprint density at radius 3 is 2.50 bits per heavy atom. The maximum atomic E-state index is 5.60. The first kappa shape index (κ1) is 12.5. The van der Waals surface area contributed by atoms with Crippen LogP contribution in [0.25, 0.3) is 0 Å². The predicted molar refractivity (Wildman–Crippen MR) is 68.6 cm³/mol. The van der Waals surface area contributed by atoms with Gasteiger partial charge >= 0.3 is 0 Å². The van der Waals surface area contributed by atoms with E-state index < -0.39 is 0 Å². The molecule has 0 aliphatic rings. The van der Waals surface area contributed by atoms with E-state index in [1.165, 1.54) is 0 Å². The van der Waals surface area contributed by atoms with Crippen molar-refractivity contribution in [1.29, 1.82) is 0 Å². The van der Waals surface area contributed by atoms with Crippen molar-refractivity contribution in [3.05, 3.63) is 6.07 Å². The maximum absolute atomic E-state index is 5.60. The molecule has 1 aromatic rings. The molecular weight excluding hydrogens is 202 g/mol. The molecule has 90 valence electrons. The normalized spacial score (nSPS) is 11.2. The van der Waals surface area contributed by atoms with E-state index in [1.54, 1.807) is 0 Å². The Morgan fingerprint density at radius 1 is 1.31 bits per heavy atom.